The summed E-state index contributed by atoms with van der Waals surface area (Å²) in [6, 6.07) is 0.275. The van der Waals surface area contributed by atoms with Crippen LogP contribution in [0.2, 0.25) is 0 Å². The smallest absolute Gasteiger partial charge is 0.223 e. The van der Waals surface area contributed by atoms with Crippen LogP contribution < -0.4 is 11.1 Å². The van der Waals surface area contributed by atoms with E-state index in [1.54, 1.807) is 0 Å². The van der Waals surface area contributed by atoms with Gasteiger partial charge < -0.3 is 11.1 Å². The molecule has 14 heavy (non-hydrogen) atoms. The van der Waals surface area contributed by atoms with Gasteiger partial charge in [0.2, 0.25) is 5.91 Å². The summed E-state index contributed by atoms with van der Waals surface area (Å²) in [5.74, 6) is 1.33. The van der Waals surface area contributed by atoms with Crippen molar-refractivity contribution in [2.75, 3.05) is 6.54 Å². The molecule has 2 fully saturated rings. The first kappa shape index (κ1) is 9.97. The summed E-state index contributed by atoms with van der Waals surface area (Å²) >= 11 is 0. The van der Waals surface area contributed by atoms with Gasteiger partial charge in [-0.3, -0.25) is 4.79 Å². The number of carbonyl (C=O) groups excluding carboxylic acids is 1. The number of nitrogens with two attached hydrogens (primary N) is 1. The summed E-state index contributed by atoms with van der Waals surface area (Å²) in [7, 11) is 0. The molecule has 0 unspecified atom stereocenters. The zero-order chi connectivity index (χ0) is 9.97. The third-order valence-corrected chi connectivity index (χ3v) is 3.62. The molecule has 0 saturated heterocycles. The number of hydrogen-bond donors (Lipinski definition) is 2. The molecular weight excluding hydrogens is 176 g/mol. The van der Waals surface area contributed by atoms with E-state index in [9.17, 15) is 4.79 Å². The maximum Gasteiger partial charge on any atom is 0.223 e. The summed E-state index contributed by atoms with van der Waals surface area (Å²) in [4.78, 5) is 11.5. The Labute approximate surface area is 85.4 Å². The molecule has 0 aromatic rings. The molecule has 2 rings (SSSR count). The van der Waals surface area contributed by atoms with Crippen molar-refractivity contribution in [3.05, 3.63) is 0 Å². The Morgan fingerprint density at radius 1 is 1.36 bits per heavy atom. The zero-order valence-electron chi connectivity index (χ0n) is 8.67. The summed E-state index contributed by atoms with van der Waals surface area (Å²) in [5, 5.41) is 3.01. The number of carbonyl (C=O) groups is 1. The van der Waals surface area contributed by atoms with Gasteiger partial charge in [-0.25, -0.2) is 0 Å². The Morgan fingerprint density at radius 2 is 2.07 bits per heavy atom. The molecule has 0 aromatic heterocycles. The van der Waals surface area contributed by atoms with E-state index in [0.29, 0.717) is 0 Å². The molecule has 3 N–H and O–H groups in total. The van der Waals surface area contributed by atoms with Gasteiger partial charge in [-0.1, -0.05) is 19.3 Å². The van der Waals surface area contributed by atoms with Gasteiger partial charge >= 0.3 is 0 Å². The lowest BCUT2D eigenvalue weighted by molar-refractivity contribution is -0.127. The van der Waals surface area contributed by atoms with Crippen LogP contribution in [0.25, 0.3) is 0 Å². The first-order valence-corrected chi connectivity index (χ1v) is 5.79. The maximum atomic E-state index is 11.5. The summed E-state index contributed by atoms with van der Waals surface area (Å²) < 4.78 is 0. The van der Waals surface area contributed by atoms with Gasteiger partial charge in [0.1, 0.15) is 0 Å². The second-order valence-electron chi connectivity index (χ2n) is 4.81. The highest BCUT2D eigenvalue weighted by Crippen LogP contribution is 2.29. The van der Waals surface area contributed by atoms with Crippen molar-refractivity contribution in [3.63, 3.8) is 0 Å². The van der Waals surface area contributed by atoms with Gasteiger partial charge in [-0.05, 0) is 25.2 Å². The molecule has 0 aliphatic heterocycles. The summed E-state index contributed by atoms with van der Waals surface area (Å²) in [6.07, 6.45) is 7.06. The van der Waals surface area contributed by atoms with Crippen LogP contribution in [0.5, 0.6) is 0 Å². The SMILES string of the molecule is NC1CC(C(=O)NCCC2CCC2)C1. The number of rotatable bonds is 4. The molecule has 0 bridgehead atoms. The molecule has 0 radical (unpaired) electrons. The van der Waals surface area contributed by atoms with Gasteiger partial charge in [-0.2, -0.15) is 0 Å². The normalized spacial score (nSPS) is 31.8. The molecule has 0 aromatic carbocycles. The molecule has 3 nitrogen and oxygen atoms in total. The predicted molar refractivity (Wildman–Crippen MR) is 55.7 cm³/mol. The minimum atomic E-state index is 0.214. The van der Waals surface area contributed by atoms with Crippen molar-refractivity contribution in [3.8, 4) is 0 Å². The number of hydrogen-bond acceptors (Lipinski definition) is 2. The van der Waals surface area contributed by atoms with Crippen LogP contribution >= 0.6 is 0 Å². The molecule has 0 atom stereocenters. The Morgan fingerprint density at radius 3 is 2.57 bits per heavy atom. The van der Waals surface area contributed by atoms with Crippen molar-refractivity contribution < 1.29 is 4.79 Å². The second kappa shape index (κ2) is 4.30. The van der Waals surface area contributed by atoms with Gasteiger partial charge in [0, 0.05) is 18.5 Å². The number of amides is 1. The van der Waals surface area contributed by atoms with Gasteiger partial charge in [0.05, 0.1) is 0 Å². The van der Waals surface area contributed by atoms with E-state index >= 15 is 0 Å². The lowest BCUT2D eigenvalue weighted by atomic mass is 9.80. The quantitative estimate of drug-likeness (QED) is 0.705. The fourth-order valence-corrected chi connectivity index (χ4v) is 2.20. The van der Waals surface area contributed by atoms with Crippen molar-refractivity contribution in [1.29, 1.82) is 0 Å². The molecule has 80 valence electrons. The van der Waals surface area contributed by atoms with Crippen molar-refractivity contribution >= 4 is 5.91 Å². The second-order valence-corrected chi connectivity index (χ2v) is 4.81. The van der Waals surface area contributed by atoms with E-state index < -0.39 is 0 Å². The van der Waals surface area contributed by atoms with E-state index in [0.717, 1.165) is 25.3 Å². The van der Waals surface area contributed by atoms with Crippen LogP contribution in [0.1, 0.15) is 38.5 Å². The van der Waals surface area contributed by atoms with Crippen LogP contribution in [0.4, 0.5) is 0 Å². The van der Waals surface area contributed by atoms with E-state index in [1.807, 2.05) is 0 Å². The maximum absolute atomic E-state index is 11.5. The molecule has 2 aliphatic carbocycles. The Kier molecular flexibility index (Phi) is 3.06. The van der Waals surface area contributed by atoms with Crippen LogP contribution in [-0.2, 0) is 4.79 Å². The van der Waals surface area contributed by atoms with Gasteiger partial charge in [-0.15, -0.1) is 0 Å². The van der Waals surface area contributed by atoms with Crippen molar-refractivity contribution in [2.45, 2.75) is 44.6 Å². The van der Waals surface area contributed by atoms with Gasteiger partial charge in [0.25, 0.3) is 0 Å². The molecule has 0 spiro atoms. The van der Waals surface area contributed by atoms with Crippen LogP contribution in [-0.4, -0.2) is 18.5 Å². The lowest BCUT2D eigenvalue weighted by Gasteiger charge is -2.31. The average Bonchev–Trinajstić information content (AvgIpc) is 2.03. The van der Waals surface area contributed by atoms with Crippen LogP contribution in [0.15, 0.2) is 0 Å². The average molecular weight is 196 g/mol. The largest absolute Gasteiger partial charge is 0.356 e. The molecule has 2 saturated carbocycles. The fourth-order valence-electron chi connectivity index (χ4n) is 2.20. The van der Waals surface area contributed by atoms with Crippen molar-refractivity contribution in [2.24, 2.45) is 17.6 Å². The molecular formula is C11H20N2O. The lowest BCUT2D eigenvalue weighted by Crippen LogP contribution is -2.45. The van der Waals surface area contributed by atoms with Crippen LogP contribution in [0, 0.1) is 11.8 Å². The third kappa shape index (κ3) is 2.27. The Bertz CT molecular complexity index is 207. The highest BCUT2D eigenvalue weighted by Gasteiger charge is 2.31. The minimum Gasteiger partial charge on any atom is -0.356 e. The Hall–Kier alpha value is -0.570. The molecule has 3 heteroatoms. The first-order chi connectivity index (χ1) is 6.75. The summed E-state index contributed by atoms with van der Waals surface area (Å²) in [5.41, 5.74) is 5.63. The first-order valence-electron chi connectivity index (χ1n) is 5.79. The number of nitrogens with one attached hydrogen (secondary N) is 1. The zero-order valence-corrected chi connectivity index (χ0v) is 8.67. The topological polar surface area (TPSA) is 55.1 Å². The fraction of sp³-hybridized carbons (Fsp3) is 0.909. The molecule has 0 heterocycles. The highest BCUT2D eigenvalue weighted by atomic mass is 16.1. The van der Waals surface area contributed by atoms with E-state index in [4.69, 9.17) is 5.73 Å². The third-order valence-electron chi connectivity index (χ3n) is 3.62. The highest BCUT2D eigenvalue weighted by molar-refractivity contribution is 5.79. The van der Waals surface area contributed by atoms with E-state index in [-0.39, 0.29) is 17.9 Å². The molecule has 2 aliphatic rings. The van der Waals surface area contributed by atoms with Crippen LogP contribution in [0.3, 0.4) is 0 Å². The predicted octanol–water partition coefficient (Wildman–Crippen LogP) is 1.03. The van der Waals surface area contributed by atoms with E-state index in [2.05, 4.69) is 5.32 Å². The standard InChI is InChI=1S/C11H20N2O/c12-10-6-9(7-10)11(14)13-5-4-8-2-1-3-8/h8-10H,1-7,12H2,(H,13,14). The van der Waals surface area contributed by atoms with Gasteiger partial charge in [0.15, 0.2) is 0 Å². The van der Waals surface area contributed by atoms with E-state index in [1.165, 1.54) is 25.7 Å². The monoisotopic (exact) mass is 196 g/mol. The summed E-state index contributed by atoms with van der Waals surface area (Å²) in [6.45, 7) is 0.870. The minimum absolute atomic E-state index is 0.214. The Balaban J connectivity index is 1.54. The van der Waals surface area contributed by atoms with Crippen molar-refractivity contribution in [1.82, 2.24) is 5.32 Å². The molecule has 1 amide bonds.